The van der Waals surface area contributed by atoms with Gasteiger partial charge in [0.25, 0.3) is 0 Å². The van der Waals surface area contributed by atoms with E-state index in [1.54, 1.807) is 0 Å². The van der Waals surface area contributed by atoms with Gasteiger partial charge in [-0.2, -0.15) is 0 Å². The first-order valence-corrected chi connectivity index (χ1v) is 6.23. The molecule has 0 aliphatic heterocycles. The van der Waals surface area contributed by atoms with Crippen molar-refractivity contribution in [2.45, 2.75) is 64.8 Å². The first-order chi connectivity index (χ1) is 6.44. The first kappa shape index (κ1) is 10.5. The van der Waals surface area contributed by atoms with Crippen LogP contribution in [0.3, 0.4) is 0 Å². The molecule has 0 aromatic carbocycles. The largest absolute Gasteiger partial charge is 0.325 e. The highest BCUT2D eigenvalue weighted by Crippen LogP contribution is 2.53. The van der Waals surface area contributed by atoms with Gasteiger partial charge in [0, 0.05) is 5.54 Å². The van der Waals surface area contributed by atoms with E-state index in [0.29, 0.717) is 5.41 Å². The van der Waals surface area contributed by atoms with Gasteiger partial charge in [-0.25, -0.2) is 0 Å². The molecule has 2 atom stereocenters. The van der Waals surface area contributed by atoms with Crippen LogP contribution in [-0.2, 0) is 0 Å². The normalized spacial score (nSPS) is 39.9. The third-order valence-electron chi connectivity index (χ3n) is 4.38. The van der Waals surface area contributed by atoms with Crippen molar-refractivity contribution in [1.29, 1.82) is 0 Å². The summed E-state index contributed by atoms with van der Waals surface area (Å²) in [5.74, 6) is 1.60. The molecule has 0 amide bonds. The maximum absolute atomic E-state index is 6.69. The summed E-state index contributed by atoms with van der Waals surface area (Å²) in [7, 11) is 0. The summed E-state index contributed by atoms with van der Waals surface area (Å²) in [6.07, 6.45) is 8.18. The zero-order chi connectivity index (χ0) is 10.4. The number of hydrogen-bond donors (Lipinski definition) is 1. The zero-order valence-electron chi connectivity index (χ0n) is 9.97. The van der Waals surface area contributed by atoms with Crippen LogP contribution in [0.1, 0.15) is 59.3 Å². The third-order valence-corrected chi connectivity index (χ3v) is 4.38. The fraction of sp³-hybridized carbons (Fsp3) is 1.00. The monoisotopic (exact) mass is 195 g/mol. The smallest absolute Gasteiger partial charge is 0.0216 e. The van der Waals surface area contributed by atoms with Gasteiger partial charge in [-0.15, -0.1) is 0 Å². The molecule has 2 aliphatic rings. The summed E-state index contributed by atoms with van der Waals surface area (Å²) in [6, 6.07) is 0. The Morgan fingerprint density at radius 1 is 1.07 bits per heavy atom. The van der Waals surface area contributed by atoms with E-state index in [4.69, 9.17) is 5.73 Å². The Morgan fingerprint density at radius 2 is 1.71 bits per heavy atom. The summed E-state index contributed by atoms with van der Waals surface area (Å²) < 4.78 is 0. The molecule has 2 aliphatic carbocycles. The summed E-state index contributed by atoms with van der Waals surface area (Å²) in [4.78, 5) is 0. The SMILES string of the molecule is CC(C)(C)C1CCCCC1(N)C1CC1. The Balaban J connectivity index is 2.18. The van der Waals surface area contributed by atoms with E-state index in [2.05, 4.69) is 20.8 Å². The van der Waals surface area contributed by atoms with Gasteiger partial charge in [-0.1, -0.05) is 33.6 Å². The number of nitrogens with two attached hydrogens (primary N) is 1. The first-order valence-electron chi connectivity index (χ1n) is 6.23. The Kier molecular flexibility index (Phi) is 2.42. The lowest BCUT2D eigenvalue weighted by atomic mass is 9.60. The van der Waals surface area contributed by atoms with Crippen molar-refractivity contribution in [1.82, 2.24) is 0 Å². The summed E-state index contributed by atoms with van der Waals surface area (Å²) in [6.45, 7) is 7.10. The molecule has 0 spiro atoms. The minimum absolute atomic E-state index is 0.191. The molecule has 0 aromatic rings. The van der Waals surface area contributed by atoms with Gasteiger partial charge < -0.3 is 5.73 Å². The van der Waals surface area contributed by atoms with E-state index >= 15 is 0 Å². The molecule has 0 heterocycles. The molecule has 0 aromatic heterocycles. The van der Waals surface area contributed by atoms with Gasteiger partial charge in [0.15, 0.2) is 0 Å². The molecule has 1 nitrogen and oxygen atoms in total. The molecular formula is C13H25N. The van der Waals surface area contributed by atoms with Crippen LogP contribution in [0.25, 0.3) is 0 Å². The lowest BCUT2D eigenvalue weighted by Crippen LogP contribution is -2.55. The Bertz CT molecular complexity index is 212. The van der Waals surface area contributed by atoms with Crippen LogP contribution in [0.15, 0.2) is 0 Å². The van der Waals surface area contributed by atoms with Crippen LogP contribution in [0.4, 0.5) is 0 Å². The topological polar surface area (TPSA) is 26.0 Å². The van der Waals surface area contributed by atoms with E-state index in [0.717, 1.165) is 11.8 Å². The summed E-state index contributed by atoms with van der Waals surface area (Å²) in [5, 5.41) is 0. The molecule has 2 fully saturated rings. The summed E-state index contributed by atoms with van der Waals surface area (Å²) >= 11 is 0. The molecule has 0 radical (unpaired) electrons. The second-order valence-electron chi connectivity index (χ2n) is 6.55. The second kappa shape index (κ2) is 3.23. The van der Waals surface area contributed by atoms with Gasteiger partial charge in [0.05, 0.1) is 0 Å². The minimum atomic E-state index is 0.191. The van der Waals surface area contributed by atoms with Crippen LogP contribution < -0.4 is 5.73 Å². The van der Waals surface area contributed by atoms with Crippen molar-refractivity contribution in [3.8, 4) is 0 Å². The van der Waals surface area contributed by atoms with Gasteiger partial charge in [-0.3, -0.25) is 0 Å². The van der Waals surface area contributed by atoms with Crippen molar-refractivity contribution < 1.29 is 0 Å². The van der Waals surface area contributed by atoms with Crippen LogP contribution in [-0.4, -0.2) is 5.54 Å². The van der Waals surface area contributed by atoms with E-state index in [1.165, 1.54) is 38.5 Å². The van der Waals surface area contributed by atoms with Crippen LogP contribution in [0.5, 0.6) is 0 Å². The van der Waals surface area contributed by atoms with Crippen molar-refractivity contribution in [3.05, 3.63) is 0 Å². The number of hydrogen-bond acceptors (Lipinski definition) is 1. The third kappa shape index (κ3) is 1.71. The predicted molar refractivity (Wildman–Crippen MR) is 61.1 cm³/mol. The molecule has 2 saturated carbocycles. The maximum atomic E-state index is 6.69. The highest BCUT2D eigenvalue weighted by molar-refractivity contribution is 5.07. The lowest BCUT2D eigenvalue weighted by Gasteiger charge is -2.48. The molecule has 0 bridgehead atoms. The van der Waals surface area contributed by atoms with Crippen molar-refractivity contribution >= 4 is 0 Å². The Morgan fingerprint density at radius 3 is 2.21 bits per heavy atom. The predicted octanol–water partition coefficient (Wildman–Crippen LogP) is 3.33. The quantitative estimate of drug-likeness (QED) is 0.682. The average molecular weight is 195 g/mol. The number of rotatable bonds is 1. The average Bonchev–Trinajstić information content (AvgIpc) is 2.84. The zero-order valence-corrected chi connectivity index (χ0v) is 9.97. The fourth-order valence-corrected chi connectivity index (χ4v) is 3.57. The van der Waals surface area contributed by atoms with Gasteiger partial charge in [0.1, 0.15) is 0 Å². The standard InChI is InChI=1S/C13H25N/c1-12(2,3)11-6-4-5-9-13(11,14)10-7-8-10/h10-11H,4-9,14H2,1-3H3. The van der Waals surface area contributed by atoms with Crippen LogP contribution in [0.2, 0.25) is 0 Å². The molecule has 2 rings (SSSR count). The van der Waals surface area contributed by atoms with Crippen molar-refractivity contribution in [2.75, 3.05) is 0 Å². The molecule has 2 N–H and O–H groups in total. The fourth-order valence-electron chi connectivity index (χ4n) is 3.57. The van der Waals surface area contributed by atoms with E-state index in [-0.39, 0.29) is 5.54 Å². The van der Waals surface area contributed by atoms with Gasteiger partial charge in [0.2, 0.25) is 0 Å². The maximum Gasteiger partial charge on any atom is 0.0216 e. The molecule has 1 heteroatoms. The minimum Gasteiger partial charge on any atom is -0.325 e. The highest BCUT2D eigenvalue weighted by atomic mass is 14.8. The van der Waals surface area contributed by atoms with Crippen LogP contribution >= 0.6 is 0 Å². The molecular weight excluding hydrogens is 170 g/mol. The molecule has 82 valence electrons. The van der Waals surface area contributed by atoms with E-state index in [9.17, 15) is 0 Å². The molecule has 2 unspecified atom stereocenters. The van der Waals surface area contributed by atoms with E-state index < -0.39 is 0 Å². The van der Waals surface area contributed by atoms with Gasteiger partial charge in [-0.05, 0) is 42.9 Å². The van der Waals surface area contributed by atoms with Crippen molar-refractivity contribution in [3.63, 3.8) is 0 Å². The molecule has 14 heavy (non-hydrogen) atoms. The van der Waals surface area contributed by atoms with E-state index in [1.807, 2.05) is 0 Å². The van der Waals surface area contributed by atoms with Gasteiger partial charge >= 0.3 is 0 Å². The highest BCUT2D eigenvalue weighted by Gasteiger charge is 2.51. The second-order valence-corrected chi connectivity index (χ2v) is 6.55. The molecule has 0 saturated heterocycles. The lowest BCUT2D eigenvalue weighted by molar-refractivity contribution is 0.0637. The van der Waals surface area contributed by atoms with Crippen LogP contribution in [0, 0.1) is 17.3 Å². The Hall–Kier alpha value is -0.0400. The summed E-state index contributed by atoms with van der Waals surface area (Å²) in [5.41, 5.74) is 7.29. The van der Waals surface area contributed by atoms with Crippen molar-refractivity contribution in [2.24, 2.45) is 23.0 Å². The Labute approximate surface area is 88.4 Å².